The molecular formula is C15H12N2O2. The molecule has 3 aromatic rings. The van der Waals surface area contributed by atoms with E-state index in [0.29, 0.717) is 0 Å². The Morgan fingerprint density at radius 3 is 2.58 bits per heavy atom. The number of aromatic nitrogens is 2. The lowest BCUT2D eigenvalue weighted by atomic mass is 10.1. The third-order valence-corrected chi connectivity index (χ3v) is 3.15. The van der Waals surface area contributed by atoms with Gasteiger partial charge in [0.25, 0.3) is 0 Å². The van der Waals surface area contributed by atoms with Crippen molar-refractivity contribution in [3.63, 3.8) is 0 Å². The third-order valence-electron chi connectivity index (χ3n) is 3.15. The van der Waals surface area contributed by atoms with Crippen LogP contribution in [0.4, 0.5) is 0 Å². The van der Waals surface area contributed by atoms with Gasteiger partial charge in [-0.05, 0) is 18.2 Å². The van der Waals surface area contributed by atoms with Crippen molar-refractivity contribution >= 4 is 16.9 Å². The zero-order chi connectivity index (χ0) is 13.4. The summed E-state index contributed by atoms with van der Waals surface area (Å²) in [5.41, 5.74) is 2.99. The minimum absolute atomic E-state index is 0.273. The maximum absolute atomic E-state index is 11.0. The van der Waals surface area contributed by atoms with Crippen LogP contribution in [0.5, 0.6) is 0 Å². The van der Waals surface area contributed by atoms with Crippen LogP contribution in [0.2, 0.25) is 0 Å². The number of fused-ring (bicyclic) bond motifs is 1. The van der Waals surface area contributed by atoms with Gasteiger partial charge < -0.3 is 5.11 Å². The van der Waals surface area contributed by atoms with Crippen LogP contribution in [-0.4, -0.2) is 20.9 Å². The molecule has 0 unspecified atom stereocenters. The predicted molar refractivity (Wildman–Crippen MR) is 73.1 cm³/mol. The van der Waals surface area contributed by atoms with Crippen LogP contribution in [0.15, 0.2) is 48.5 Å². The van der Waals surface area contributed by atoms with Gasteiger partial charge in [0.15, 0.2) is 0 Å². The van der Waals surface area contributed by atoms with E-state index in [1.807, 2.05) is 43.4 Å². The van der Waals surface area contributed by atoms with Crippen LogP contribution in [0.3, 0.4) is 0 Å². The number of nitrogens with zero attached hydrogens (tertiary/aromatic N) is 2. The average Bonchev–Trinajstić information content (AvgIpc) is 2.77. The zero-order valence-corrected chi connectivity index (χ0v) is 10.4. The number of carbonyl (C=O) groups is 1. The molecular weight excluding hydrogens is 240 g/mol. The van der Waals surface area contributed by atoms with Gasteiger partial charge in [-0.3, -0.25) is 4.68 Å². The summed E-state index contributed by atoms with van der Waals surface area (Å²) in [7, 11) is 1.82. The summed E-state index contributed by atoms with van der Waals surface area (Å²) in [6.45, 7) is 0. The Hall–Kier alpha value is -2.62. The van der Waals surface area contributed by atoms with E-state index in [0.717, 1.165) is 22.2 Å². The molecule has 0 atom stereocenters. The Morgan fingerprint density at radius 2 is 1.89 bits per heavy atom. The first-order valence-electron chi connectivity index (χ1n) is 5.92. The Bertz CT molecular complexity index is 760. The van der Waals surface area contributed by atoms with Gasteiger partial charge in [-0.15, -0.1) is 0 Å². The highest BCUT2D eigenvalue weighted by atomic mass is 16.4. The van der Waals surface area contributed by atoms with Crippen LogP contribution in [-0.2, 0) is 7.05 Å². The summed E-state index contributed by atoms with van der Waals surface area (Å²) in [4.78, 5) is 11.0. The standard InChI is InChI=1S/C15H12N2O2/c1-17-13-9-11(15(18)19)7-8-12(13)14(16-17)10-5-3-2-4-6-10/h2-9H,1H3,(H,18,19). The lowest BCUT2D eigenvalue weighted by Crippen LogP contribution is -1.96. The summed E-state index contributed by atoms with van der Waals surface area (Å²) in [6, 6.07) is 14.9. The van der Waals surface area contributed by atoms with Crippen LogP contribution in [0.25, 0.3) is 22.2 Å². The first kappa shape index (κ1) is 11.5. The van der Waals surface area contributed by atoms with Crippen LogP contribution >= 0.6 is 0 Å². The lowest BCUT2D eigenvalue weighted by Gasteiger charge is -1.98. The molecule has 0 aliphatic heterocycles. The third kappa shape index (κ3) is 1.87. The predicted octanol–water partition coefficient (Wildman–Crippen LogP) is 2.94. The lowest BCUT2D eigenvalue weighted by molar-refractivity contribution is 0.0697. The minimum atomic E-state index is -0.927. The second kappa shape index (κ2) is 4.24. The molecule has 19 heavy (non-hydrogen) atoms. The van der Waals surface area contributed by atoms with Crippen molar-refractivity contribution in [2.24, 2.45) is 7.05 Å². The van der Waals surface area contributed by atoms with E-state index in [2.05, 4.69) is 5.10 Å². The van der Waals surface area contributed by atoms with Gasteiger partial charge >= 0.3 is 5.97 Å². The van der Waals surface area contributed by atoms with Gasteiger partial charge in [-0.25, -0.2) is 4.79 Å². The average molecular weight is 252 g/mol. The van der Waals surface area contributed by atoms with E-state index < -0.39 is 5.97 Å². The molecule has 4 heteroatoms. The Morgan fingerprint density at radius 1 is 1.16 bits per heavy atom. The topological polar surface area (TPSA) is 55.1 Å². The Kier molecular flexibility index (Phi) is 2.56. The minimum Gasteiger partial charge on any atom is -0.478 e. The van der Waals surface area contributed by atoms with Gasteiger partial charge in [-0.2, -0.15) is 5.10 Å². The van der Waals surface area contributed by atoms with E-state index in [1.165, 1.54) is 0 Å². The molecule has 0 bridgehead atoms. The SMILES string of the molecule is Cn1nc(-c2ccccc2)c2ccc(C(=O)O)cc21. The summed E-state index contributed by atoms with van der Waals surface area (Å²) in [6.07, 6.45) is 0. The molecule has 0 aliphatic rings. The second-order valence-corrected chi connectivity index (χ2v) is 4.38. The molecule has 0 spiro atoms. The number of rotatable bonds is 2. The molecule has 1 N–H and O–H groups in total. The fourth-order valence-corrected chi connectivity index (χ4v) is 2.20. The van der Waals surface area contributed by atoms with Crippen LogP contribution < -0.4 is 0 Å². The van der Waals surface area contributed by atoms with Gasteiger partial charge in [0.1, 0.15) is 5.69 Å². The summed E-state index contributed by atoms with van der Waals surface area (Å²) >= 11 is 0. The molecule has 0 saturated heterocycles. The number of aromatic carboxylic acids is 1. The van der Waals surface area contributed by atoms with Gasteiger partial charge in [0, 0.05) is 18.0 Å². The van der Waals surface area contributed by atoms with Crippen molar-refractivity contribution in [2.75, 3.05) is 0 Å². The smallest absolute Gasteiger partial charge is 0.335 e. The summed E-state index contributed by atoms with van der Waals surface area (Å²) in [5, 5.41) is 14.5. The molecule has 94 valence electrons. The quantitative estimate of drug-likeness (QED) is 0.763. The first-order valence-corrected chi connectivity index (χ1v) is 5.92. The van der Waals surface area contributed by atoms with Crippen molar-refractivity contribution in [3.8, 4) is 11.3 Å². The van der Waals surface area contributed by atoms with Crippen LogP contribution in [0, 0.1) is 0 Å². The van der Waals surface area contributed by atoms with Crippen molar-refractivity contribution < 1.29 is 9.90 Å². The van der Waals surface area contributed by atoms with Crippen molar-refractivity contribution in [1.29, 1.82) is 0 Å². The largest absolute Gasteiger partial charge is 0.478 e. The molecule has 0 saturated carbocycles. The molecule has 0 aliphatic carbocycles. The van der Waals surface area contributed by atoms with E-state index in [9.17, 15) is 4.79 Å². The fourth-order valence-electron chi connectivity index (χ4n) is 2.20. The van der Waals surface area contributed by atoms with E-state index in [-0.39, 0.29) is 5.56 Å². The van der Waals surface area contributed by atoms with Gasteiger partial charge in [-0.1, -0.05) is 30.3 Å². The van der Waals surface area contributed by atoms with E-state index in [1.54, 1.807) is 16.8 Å². The number of carboxylic acid groups (broad SMARTS) is 1. The van der Waals surface area contributed by atoms with Gasteiger partial charge in [0.2, 0.25) is 0 Å². The van der Waals surface area contributed by atoms with Crippen molar-refractivity contribution in [1.82, 2.24) is 9.78 Å². The first-order chi connectivity index (χ1) is 9.16. The van der Waals surface area contributed by atoms with Crippen LogP contribution in [0.1, 0.15) is 10.4 Å². The second-order valence-electron chi connectivity index (χ2n) is 4.38. The molecule has 0 amide bonds. The number of aryl methyl sites for hydroxylation is 1. The van der Waals surface area contributed by atoms with E-state index in [4.69, 9.17) is 5.11 Å². The van der Waals surface area contributed by atoms with Gasteiger partial charge in [0.05, 0.1) is 11.1 Å². The highest BCUT2D eigenvalue weighted by molar-refractivity contribution is 5.98. The molecule has 0 fully saturated rings. The molecule has 0 radical (unpaired) electrons. The maximum atomic E-state index is 11.0. The highest BCUT2D eigenvalue weighted by Gasteiger charge is 2.12. The molecule has 4 nitrogen and oxygen atoms in total. The van der Waals surface area contributed by atoms with E-state index >= 15 is 0 Å². The molecule has 3 rings (SSSR count). The number of benzene rings is 2. The Labute approximate surface area is 109 Å². The molecule has 2 aromatic carbocycles. The van der Waals surface area contributed by atoms with Crippen molar-refractivity contribution in [3.05, 3.63) is 54.1 Å². The normalized spacial score (nSPS) is 10.8. The highest BCUT2D eigenvalue weighted by Crippen LogP contribution is 2.27. The summed E-state index contributed by atoms with van der Waals surface area (Å²) < 4.78 is 1.71. The maximum Gasteiger partial charge on any atom is 0.335 e. The van der Waals surface area contributed by atoms with Crippen molar-refractivity contribution in [2.45, 2.75) is 0 Å². The zero-order valence-electron chi connectivity index (χ0n) is 10.4. The Balaban J connectivity index is 2.26. The number of hydrogen-bond donors (Lipinski definition) is 1. The summed E-state index contributed by atoms with van der Waals surface area (Å²) in [5.74, 6) is -0.927. The molecule has 1 aromatic heterocycles. The fraction of sp³-hybridized carbons (Fsp3) is 0.0667. The number of carboxylic acids is 1. The molecule has 1 heterocycles. The number of hydrogen-bond acceptors (Lipinski definition) is 2. The monoisotopic (exact) mass is 252 g/mol.